The van der Waals surface area contributed by atoms with Crippen LogP contribution in [0.15, 0.2) is 17.6 Å². The van der Waals surface area contributed by atoms with Crippen molar-refractivity contribution in [3.8, 4) is 0 Å². The molecule has 4 nitrogen and oxygen atoms in total. The normalized spacial score (nSPS) is 10.3. The van der Waals surface area contributed by atoms with Crippen molar-refractivity contribution < 1.29 is 13.6 Å². The minimum atomic E-state index is -0.914. The number of carbonyl (C=O) groups is 1. The van der Waals surface area contributed by atoms with Gasteiger partial charge in [-0.25, -0.2) is 9.37 Å². The van der Waals surface area contributed by atoms with Gasteiger partial charge in [-0.15, -0.1) is 5.10 Å². The van der Waals surface area contributed by atoms with E-state index in [-0.39, 0.29) is 5.69 Å². The molecule has 76 valence electrons. The van der Waals surface area contributed by atoms with Gasteiger partial charge in [0.15, 0.2) is 5.82 Å². The Bertz CT molecular complexity index is 501. The highest BCUT2D eigenvalue weighted by atomic mass is 32.1. The molecule has 7 heteroatoms. The molecule has 0 aliphatic heterocycles. The summed E-state index contributed by atoms with van der Waals surface area (Å²) >= 11 is 0.959. The van der Waals surface area contributed by atoms with Gasteiger partial charge in [-0.05, 0) is 11.5 Å². The van der Waals surface area contributed by atoms with Crippen LogP contribution in [0.4, 0.5) is 8.78 Å². The van der Waals surface area contributed by atoms with E-state index in [1.54, 1.807) is 0 Å². The summed E-state index contributed by atoms with van der Waals surface area (Å²) in [4.78, 5) is 14.6. The van der Waals surface area contributed by atoms with E-state index in [9.17, 15) is 13.6 Å². The zero-order chi connectivity index (χ0) is 10.8. The maximum atomic E-state index is 13.1. The van der Waals surface area contributed by atoms with Crippen molar-refractivity contribution in [2.45, 2.75) is 0 Å². The van der Waals surface area contributed by atoms with Crippen LogP contribution in [0.1, 0.15) is 16.1 Å². The van der Waals surface area contributed by atoms with E-state index < -0.39 is 23.1 Å². The number of nitrogens with zero attached hydrogens (tertiary/aromatic N) is 3. The van der Waals surface area contributed by atoms with Crippen LogP contribution < -0.4 is 0 Å². The third-order valence-corrected chi connectivity index (χ3v) is 2.16. The molecule has 2 aromatic rings. The molecule has 0 atom stereocenters. The van der Waals surface area contributed by atoms with Gasteiger partial charge in [0.2, 0.25) is 11.7 Å². The highest BCUT2D eigenvalue weighted by molar-refractivity contribution is 7.03. The smallest absolute Gasteiger partial charge is 0.217 e. The van der Waals surface area contributed by atoms with Crippen molar-refractivity contribution in [3.05, 3.63) is 40.7 Å². The van der Waals surface area contributed by atoms with Crippen LogP contribution in [0.5, 0.6) is 0 Å². The molecule has 0 aliphatic carbocycles. The SMILES string of the molecule is O=C(c1csnn1)c1cc(F)ncc1F. The summed E-state index contributed by atoms with van der Waals surface area (Å²) in [5.41, 5.74) is -0.403. The Morgan fingerprint density at radius 2 is 2.20 bits per heavy atom. The first-order valence-electron chi connectivity index (χ1n) is 3.81. The predicted molar refractivity (Wildman–Crippen MR) is 47.5 cm³/mol. The Kier molecular flexibility index (Phi) is 2.46. The molecule has 0 aromatic carbocycles. The fraction of sp³-hybridized carbons (Fsp3) is 0. The molecule has 2 aromatic heterocycles. The second-order valence-corrected chi connectivity index (χ2v) is 3.22. The molecule has 0 spiro atoms. The molecule has 0 fully saturated rings. The van der Waals surface area contributed by atoms with Crippen LogP contribution in [0, 0.1) is 11.8 Å². The molecule has 0 unspecified atom stereocenters. The first-order valence-corrected chi connectivity index (χ1v) is 4.65. The Hall–Kier alpha value is -1.76. The summed E-state index contributed by atoms with van der Waals surface area (Å²) in [5, 5.41) is 4.83. The molecular formula is C8H3F2N3OS. The van der Waals surface area contributed by atoms with Crippen LogP contribution in [0.2, 0.25) is 0 Å². The number of hydrogen-bond acceptors (Lipinski definition) is 5. The second-order valence-electron chi connectivity index (χ2n) is 2.61. The van der Waals surface area contributed by atoms with Crippen molar-refractivity contribution in [2.75, 3.05) is 0 Å². The van der Waals surface area contributed by atoms with Crippen molar-refractivity contribution >= 4 is 17.3 Å². The van der Waals surface area contributed by atoms with Crippen LogP contribution in [-0.4, -0.2) is 20.4 Å². The molecule has 0 bridgehead atoms. The van der Waals surface area contributed by atoms with Gasteiger partial charge in [0.25, 0.3) is 0 Å². The lowest BCUT2D eigenvalue weighted by atomic mass is 10.1. The Morgan fingerprint density at radius 1 is 1.40 bits per heavy atom. The molecule has 0 saturated carbocycles. The summed E-state index contributed by atoms with van der Waals surface area (Å²) in [6, 6.07) is 0.733. The van der Waals surface area contributed by atoms with Crippen molar-refractivity contribution in [1.82, 2.24) is 14.6 Å². The first kappa shape index (κ1) is 9.78. The van der Waals surface area contributed by atoms with Gasteiger partial charge in [0.05, 0.1) is 11.8 Å². The highest BCUT2D eigenvalue weighted by Gasteiger charge is 2.17. The fourth-order valence-electron chi connectivity index (χ4n) is 0.989. The Balaban J connectivity index is 2.46. The fourth-order valence-corrected chi connectivity index (χ4v) is 1.42. The topological polar surface area (TPSA) is 55.7 Å². The Morgan fingerprint density at radius 3 is 2.87 bits per heavy atom. The van der Waals surface area contributed by atoms with Gasteiger partial charge in [0.1, 0.15) is 5.69 Å². The van der Waals surface area contributed by atoms with Gasteiger partial charge in [-0.1, -0.05) is 4.49 Å². The molecular weight excluding hydrogens is 224 g/mol. The number of rotatable bonds is 2. The number of pyridine rings is 1. The highest BCUT2D eigenvalue weighted by Crippen LogP contribution is 2.12. The molecule has 0 amide bonds. The molecule has 0 saturated heterocycles. The van der Waals surface area contributed by atoms with Crippen LogP contribution in [0.25, 0.3) is 0 Å². The minimum absolute atomic E-state index is 0.00972. The maximum absolute atomic E-state index is 13.1. The first-order chi connectivity index (χ1) is 7.18. The minimum Gasteiger partial charge on any atom is -0.287 e. The van der Waals surface area contributed by atoms with E-state index in [1.807, 2.05) is 0 Å². The zero-order valence-corrected chi connectivity index (χ0v) is 7.96. The molecule has 15 heavy (non-hydrogen) atoms. The van der Waals surface area contributed by atoms with Crippen molar-refractivity contribution in [1.29, 1.82) is 0 Å². The van der Waals surface area contributed by atoms with E-state index >= 15 is 0 Å². The average Bonchev–Trinajstić information content (AvgIpc) is 2.74. The number of ketones is 1. The molecule has 0 aliphatic rings. The standard InChI is InChI=1S/C8H3F2N3OS/c9-5-2-11-7(10)1-4(5)8(14)6-3-15-13-12-6/h1-3H. The summed E-state index contributed by atoms with van der Waals surface area (Å²) < 4.78 is 29.3. The van der Waals surface area contributed by atoms with Crippen molar-refractivity contribution in [2.24, 2.45) is 0 Å². The molecule has 0 N–H and O–H groups in total. The van der Waals surface area contributed by atoms with E-state index in [0.717, 1.165) is 17.6 Å². The van der Waals surface area contributed by atoms with E-state index in [2.05, 4.69) is 14.6 Å². The quantitative estimate of drug-likeness (QED) is 0.575. The monoisotopic (exact) mass is 227 g/mol. The average molecular weight is 227 g/mol. The van der Waals surface area contributed by atoms with Gasteiger partial charge < -0.3 is 0 Å². The third-order valence-electron chi connectivity index (χ3n) is 1.66. The number of hydrogen-bond donors (Lipinski definition) is 0. The lowest BCUT2D eigenvalue weighted by molar-refractivity contribution is 0.103. The number of halogens is 2. The lowest BCUT2D eigenvalue weighted by Crippen LogP contribution is -2.06. The summed E-state index contributed by atoms with van der Waals surface area (Å²) in [6.07, 6.45) is 0.655. The Labute approximate surface area is 86.8 Å². The van der Waals surface area contributed by atoms with Gasteiger partial charge in [-0.2, -0.15) is 4.39 Å². The summed E-state index contributed by atoms with van der Waals surface area (Å²) in [5.74, 6) is -2.50. The third kappa shape index (κ3) is 1.86. The van der Waals surface area contributed by atoms with Crippen molar-refractivity contribution in [3.63, 3.8) is 0 Å². The van der Waals surface area contributed by atoms with Crippen LogP contribution in [-0.2, 0) is 0 Å². The molecule has 2 heterocycles. The zero-order valence-electron chi connectivity index (χ0n) is 7.15. The summed E-state index contributed by atoms with van der Waals surface area (Å²) in [6.45, 7) is 0. The van der Waals surface area contributed by atoms with Gasteiger partial charge >= 0.3 is 0 Å². The second kappa shape index (κ2) is 3.77. The number of aromatic nitrogens is 3. The van der Waals surface area contributed by atoms with Crippen LogP contribution in [0.3, 0.4) is 0 Å². The van der Waals surface area contributed by atoms with Crippen LogP contribution >= 0.6 is 11.5 Å². The largest absolute Gasteiger partial charge is 0.287 e. The molecule has 0 radical (unpaired) electrons. The van der Waals surface area contributed by atoms with Gasteiger partial charge in [0, 0.05) is 11.4 Å². The van der Waals surface area contributed by atoms with E-state index in [0.29, 0.717) is 6.20 Å². The predicted octanol–water partition coefficient (Wildman–Crippen LogP) is 1.44. The molecule has 2 rings (SSSR count). The summed E-state index contributed by atoms with van der Waals surface area (Å²) in [7, 11) is 0. The lowest BCUT2D eigenvalue weighted by Gasteiger charge is -1.98. The van der Waals surface area contributed by atoms with E-state index in [4.69, 9.17) is 0 Å². The van der Waals surface area contributed by atoms with E-state index in [1.165, 1.54) is 5.38 Å². The number of carbonyl (C=O) groups excluding carboxylic acids is 1. The van der Waals surface area contributed by atoms with Gasteiger partial charge in [-0.3, -0.25) is 4.79 Å². The maximum Gasteiger partial charge on any atom is 0.217 e.